The van der Waals surface area contributed by atoms with Crippen LogP contribution in [0.15, 0.2) is 48.1 Å². The number of ether oxygens (including phenoxy) is 1. The Morgan fingerprint density at radius 2 is 2.20 bits per heavy atom. The van der Waals surface area contributed by atoms with Gasteiger partial charge in [0.1, 0.15) is 5.75 Å². The quantitative estimate of drug-likeness (QED) is 0.787. The summed E-state index contributed by atoms with van der Waals surface area (Å²) >= 11 is 0. The van der Waals surface area contributed by atoms with Crippen molar-refractivity contribution < 1.29 is 14.3 Å². The summed E-state index contributed by atoms with van der Waals surface area (Å²) in [6.07, 6.45) is 6.28. The lowest BCUT2D eigenvalue weighted by Gasteiger charge is -2.24. The molecule has 1 saturated heterocycles. The Balaban J connectivity index is 1.87. The number of carbonyl (C=O) groups excluding carboxylic acids is 2. The first-order valence-corrected chi connectivity index (χ1v) is 6.55. The number of rotatable bonds is 3. The minimum atomic E-state index is -0.409. The lowest BCUT2D eigenvalue weighted by Crippen LogP contribution is -2.33. The molecule has 0 bridgehead atoms. The van der Waals surface area contributed by atoms with Gasteiger partial charge in [-0.2, -0.15) is 0 Å². The van der Waals surface area contributed by atoms with E-state index in [9.17, 15) is 9.59 Å². The van der Waals surface area contributed by atoms with Gasteiger partial charge in [-0.3, -0.25) is 9.59 Å². The molecule has 1 aromatic rings. The molecule has 1 unspecified atom stereocenters. The fourth-order valence-corrected chi connectivity index (χ4v) is 2.68. The normalized spacial score (nSPS) is 20.9. The molecule has 0 spiro atoms. The third-order valence-electron chi connectivity index (χ3n) is 3.71. The smallest absolute Gasteiger partial charge is 0.295 e. The first kappa shape index (κ1) is 12.7. The van der Waals surface area contributed by atoms with Crippen LogP contribution in [0.2, 0.25) is 0 Å². The van der Waals surface area contributed by atoms with E-state index in [0.717, 1.165) is 11.3 Å². The number of hydrogen-bond donors (Lipinski definition) is 0. The maximum absolute atomic E-state index is 12.1. The van der Waals surface area contributed by atoms with Gasteiger partial charge in [0.05, 0.1) is 13.2 Å². The highest BCUT2D eigenvalue weighted by Crippen LogP contribution is 2.29. The van der Waals surface area contributed by atoms with Crippen molar-refractivity contribution in [2.24, 2.45) is 0 Å². The van der Waals surface area contributed by atoms with E-state index < -0.39 is 5.91 Å². The van der Waals surface area contributed by atoms with Crippen LogP contribution in [0, 0.1) is 0 Å². The molecule has 2 aliphatic rings. The largest absolute Gasteiger partial charge is 0.497 e. The van der Waals surface area contributed by atoms with Gasteiger partial charge in [0.25, 0.3) is 5.91 Å². The molecule has 102 valence electrons. The van der Waals surface area contributed by atoms with E-state index in [2.05, 4.69) is 0 Å². The predicted molar refractivity (Wildman–Crippen MR) is 74.2 cm³/mol. The van der Waals surface area contributed by atoms with Gasteiger partial charge < -0.3 is 9.64 Å². The number of likely N-dealkylation sites (tertiary alicyclic amines) is 1. The monoisotopic (exact) mass is 269 g/mol. The number of carbonyl (C=O) groups is 2. The van der Waals surface area contributed by atoms with Crippen molar-refractivity contribution in [3.63, 3.8) is 0 Å². The number of Topliss-reactive ketones (excluding diaryl/α,β-unsaturated/α-hetero) is 1. The van der Waals surface area contributed by atoms with Crippen LogP contribution in [-0.2, 0) is 16.1 Å². The van der Waals surface area contributed by atoms with Crippen molar-refractivity contribution in [1.82, 2.24) is 4.90 Å². The van der Waals surface area contributed by atoms with Gasteiger partial charge in [-0.05, 0) is 24.1 Å². The molecule has 1 atom stereocenters. The molecule has 1 aromatic carbocycles. The number of fused-ring (bicyclic) bond motifs is 1. The molecule has 1 fully saturated rings. The molecule has 1 amide bonds. The average Bonchev–Trinajstić information content (AvgIpc) is 2.73. The van der Waals surface area contributed by atoms with Crippen LogP contribution >= 0.6 is 0 Å². The maximum atomic E-state index is 12.1. The highest BCUT2D eigenvalue weighted by Gasteiger charge is 2.42. The Labute approximate surface area is 117 Å². The molecule has 4 nitrogen and oxygen atoms in total. The number of methoxy groups -OCH3 is 1. The fraction of sp³-hybridized carbons (Fsp3) is 0.250. The minimum absolute atomic E-state index is 0.119. The van der Waals surface area contributed by atoms with Crippen molar-refractivity contribution in [2.75, 3.05) is 7.11 Å². The van der Waals surface area contributed by atoms with Crippen molar-refractivity contribution in [2.45, 2.75) is 19.0 Å². The molecule has 1 aliphatic heterocycles. The summed E-state index contributed by atoms with van der Waals surface area (Å²) in [7, 11) is 1.61. The van der Waals surface area contributed by atoms with Crippen LogP contribution in [0.5, 0.6) is 5.75 Å². The molecule has 1 aliphatic carbocycles. The second-order valence-corrected chi connectivity index (χ2v) is 4.92. The molecule has 1 heterocycles. The Morgan fingerprint density at radius 1 is 1.35 bits per heavy atom. The number of nitrogens with zero attached hydrogens (tertiary/aromatic N) is 1. The van der Waals surface area contributed by atoms with E-state index in [1.54, 1.807) is 18.1 Å². The lowest BCUT2D eigenvalue weighted by molar-refractivity contribution is -0.140. The molecule has 4 heteroatoms. The van der Waals surface area contributed by atoms with E-state index in [0.29, 0.717) is 18.5 Å². The zero-order valence-corrected chi connectivity index (χ0v) is 11.2. The Kier molecular flexibility index (Phi) is 3.14. The van der Waals surface area contributed by atoms with Crippen LogP contribution in [0.25, 0.3) is 0 Å². The Hall–Kier alpha value is -2.36. The maximum Gasteiger partial charge on any atom is 0.295 e. The minimum Gasteiger partial charge on any atom is -0.497 e. The van der Waals surface area contributed by atoms with Crippen molar-refractivity contribution in [3.8, 4) is 5.75 Å². The molecule has 0 aromatic heterocycles. The number of ketones is 1. The van der Waals surface area contributed by atoms with Gasteiger partial charge >= 0.3 is 0 Å². The molecule has 0 saturated carbocycles. The molecule has 0 radical (unpaired) electrons. The van der Waals surface area contributed by atoms with Gasteiger partial charge in [0.2, 0.25) is 5.78 Å². The summed E-state index contributed by atoms with van der Waals surface area (Å²) in [4.78, 5) is 25.7. The Morgan fingerprint density at radius 3 is 3.00 bits per heavy atom. The van der Waals surface area contributed by atoms with Crippen molar-refractivity contribution >= 4 is 11.7 Å². The van der Waals surface area contributed by atoms with Crippen LogP contribution in [-0.4, -0.2) is 29.7 Å². The second kappa shape index (κ2) is 4.96. The summed E-state index contributed by atoms with van der Waals surface area (Å²) in [5, 5.41) is 0. The topological polar surface area (TPSA) is 46.6 Å². The third-order valence-corrected chi connectivity index (χ3v) is 3.71. The molecular weight excluding hydrogens is 254 g/mol. The SMILES string of the molecule is COc1cccc(CN2C(=O)C(=O)C3=CC=CCC32)c1. The van der Waals surface area contributed by atoms with Crippen molar-refractivity contribution in [3.05, 3.63) is 53.6 Å². The lowest BCUT2D eigenvalue weighted by atomic mass is 9.99. The van der Waals surface area contributed by atoms with Crippen LogP contribution in [0.4, 0.5) is 0 Å². The highest BCUT2D eigenvalue weighted by molar-refractivity contribution is 6.45. The van der Waals surface area contributed by atoms with Crippen LogP contribution < -0.4 is 4.74 Å². The standard InChI is InChI=1S/C16H15NO3/c1-20-12-6-4-5-11(9-12)10-17-14-8-3-2-7-13(14)15(18)16(17)19/h2-7,9,14H,8,10H2,1H3. The van der Waals surface area contributed by atoms with Gasteiger partial charge in [0, 0.05) is 12.1 Å². The van der Waals surface area contributed by atoms with E-state index >= 15 is 0 Å². The van der Waals surface area contributed by atoms with E-state index in [4.69, 9.17) is 4.74 Å². The van der Waals surface area contributed by atoms with Gasteiger partial charge in [0.15, 0.2) is 0 Å². The van der Waals surface area contributed by atoms with E-state index in [1.807, 2.05) is 36.4 Å². The van der Waals surface area contributed by atoms with Gasteiger partial charge in [-0.25, -0.2) is 0 Å². The summed E-state index contributed by atoms with van der Waals surface area (Å²) in [5.41, 5.74) is 1.57. The number of allylic oxidation sites excluding steroid dienone is 2. The van der Waals surface area contributed by atoms with Crippen LogP contribution in [0.3, 0.4) is 0 Å². The predicted octanol–water partition coefficient (Wildman–Crippen LogP) is 1.86. The summed E-state index contributed by atoms with van der Waals surface area (Å²) in [6, 6.07) is 7.44. The summed E-state index contributed by atoms with van der Waals surface area (Å²) in [5.74, 6) is -0.0326. The fourth-order valence-electron chi connectivity index (χ4n) is 2.68. The van der Waals surface area contributed by atoms with E-state index in [-0.39, 0.29) is 11.8 Å². The van der Waals surface area contributed by atoms with Crippen molar-refractivity contribution in [1.29, 1.82) is 0 Å². The molecule has 20 heavy (non-hydrogen) atoms. The van der Waals surface area contributed by atoms with Gasteiger partial charge in [-0.1, -0.05) is 30.4 Å². The number of hydrogen-bond acceptors (Lipinski definition) is 3. The van der Waals surface area contributed by atoms with Crippen LogP contribution in [0.1, 0.15) is 12.0 Å². The number of amides is 1. The first-order valence-electron chi connectivity index (χ1n) is 6.55. The summed E-state index contributed by atoms with van der Waals surface area (Å²) in [6.45, 7) is 0.428. The summed E-state index contributed by atoms with van der Waals surface area (Å²) < 4.78 is 5.18. The molecule has 3 rings (SSSR count). The molecule has 0 N–H and O–H groups in total. The Bertz CT molecular complexity index is 630. The van der Waals surface area contributed by atoms with E-state index in [1.165, 1.54) is 0 Å². The number of benzene rings is 1. The zero-order valence-electron chi connectivity index (χ0n) is 11.2. The third kappa shape index (κ3) is 2.03. The average molecular weight is 269 g/mol. The highest BCUT2D eigenvalue weighted by atomic mass is 16.5. The van der Waals surface area contributed by atoms with Gasteiger partial charge in [-0.15, -0.1) is 0 Å². The second-order valence-electron chi connectivity index (χ2n) is 4.92. The molecular formula is C16H15NO3. The zero-order chi connectivity index (χ0) is 14.1. The first-order chi connectivity index (χ1) is 9.70.